The molecule has 7 heteroatoms. The van der Waals surface area contributed by atoms with Gasteiger partial charge in [-0.25, -0.2) is 4.98 Å². The lowest BCUT2D eigenvalue weighted by Crippen LogP contribution is -2.44. The molecule has 2 aliphatic heterocycles. The second kappa shape index (κ2) is 7.63. The molecule has 0 radical (unpaired) electrons. The first-order chi connectivity index (χ1) is 14.2. The van der Waals surface area contributed by atoms with Crippen LogP contribution in [0.1, 0.15) is 47.3 Å². The molecular formula is C22H23N3O3S. The summed E-state index contributed by atoms with van der Waals surface area (Å²) in [5, 5.41) is 1.04. The highest BCUT2D eigenvalue weighted by Gasteiger charge is 2.37. The van der Waals surface area contributed by atoms with E-state index >= 15 is 0 Å². The van der Waals surface area contributed by atoms with Crippen LogP contribution in [0.4, 0.5) is 0 Å². The van der Waals surface area contributed by atoms with Gasteiger partial charge in [-0.05, 0) is 49.9 Å². The van der Waals surface area contributed by atoms with E-state index in [0.29, 0.717) is 31.7 Å². The van der Waals surface area contributed by atoms with E-state index in [1.807, 2.05) is 23.1 Å². The number of furan rings is 1. The summed E-state index contributed by atoms with van der Waals surface area (Å²) in [7, 11) is 0. The SMILES string of the molecule is O=C(c1ccco1)N1CCC(C(=O)N2CCCC2c2nc3ccccc3s2)CC1. The number of rotatable bonds is 3. The molecule has 0 spiro atoms. The topological polar surface area (TPSA) is 66.7 Å². The van der Waals surface area contributed by atoms with Gasteiger partial charge in [-0.1, -0.05) is 12.1 Å². The number of hydrogen-bond acceptors (Lipinski definition) is 5. The van der Waals surface area contributed by atoms with Crippen LogP contribution in [0.25, 0.3) is 10.2 Å². The fourth-order valence-electron chi connectivity index (χ4n) is 4.44. The number of thiazole rings is 1. The van der Waals surface area contributed by atoms with E-state index in [-0.39, 0.29) is 23.8 Å². The van der Waals surface area contributed by atoms with Crippen LogP contribution in [0, 0.1) is 5.92 Å². The normalized spacial score (nSPS) is 20.5. The average Bonchev–Trinajstić information content (AvgIpc) is 3.52. The van der Waals surface area contributed by atoms with Crippen molar-refractivity contribution in [3.8, 4) is 0 Å². The summed E-state index contributed by atoms with van der Waals surface area (Å²) in [6.45, 7) is 1.98. The Kier molecular flexibility index (Phi) is 4.83. The van der Waals surface area contributed by atoms with Gasteiger partial charge in [0.15, 0.2) is 5.76 Å². The zero-order valence-electron chi connectivity index (χ0n) is 16.1. The van der Waals surface area contributed by atoms with Gasteiger partial charge in [-0.2, -0.15) is 0 Å². The number of carbonyl (C=O) groups is 2. The number of para-hydroxylation sites is 1. The molecule has 2 aliphatic rings. The Morgan fingerprint density at radius 2 is 1.86 bits per heavy atom. The zero-order valence-corrected chi connectivity index (χ0v) is 16.9. The van der Waals surface area contributed by atoms with Crippen molar-refractivity contribution in [3.05, 3.63) is 53.4 Å². The third kappa shape index (κ3) is 3.44. The van der Waals surface area contributed by atoms with E-state index in [9.17, 15) is 9.59 Å². The Balaban J connectivity index is 1.26. The Morgan fingerprint density at radius 1 is 1.03 bits per heavy atom. The Labute approximate surface area is 173 Å². The molecule has 150 valence electrons. The smallest absolute Gasteiger partial charge is 0.289 e. The molecule has 0 aliphatic carbocycles. The highest BCUT2D eigenvalue weighted by atomic mass is 32.1. The predicted octanol–water partition coefficient (Wildman–Crippen LogP) is 4.11. The fraction of sp³-hybridized carbons (Fsp3) is 0.409. The van der Waals surface area contributed by atoms with Gasteiger partial charge >= 0.3 is 0 Å². The number of nitrogens with zero attached hydrogens (tertiary/aromatic N) is 3. The molecule has 2 saturated heterocycles. The molecule has 2 aromatic heterocycles. The van der Waals surface area contributed by atoms with E-state index in [2.05, 4.69) is 6.07 Å². The lowest BCUT2D eigenvalue weighted by Gasteiger charge is -2.34. The molecule has 29 heavy (non-hydrogen) atoms. The summed E-state index contributed by atoms with van der Waals surface area (Å²) in [5.74, 6) is 0.474. The van der Waals surface area contributed by atoms with Crippen molar-refractivity contribution < 1.29 is 14.0 Å². The highest BCUT2D eigenvalue weighted by molar-refractivity contribution is 7.18. The monoisotopic (exact) mass is 409 g/mol. The minimum Gasteiger partial charge on any atom is -0.459 e. The van der Waals surface area contributed by atoms with E-state index in [1.54, 1.807) is 28.4 Å². The maximum absolute atomic E-state index is 13.3. The number of aromatic nitrogens is 1. The van der Waals surface area contributed by atoms with Crippen LogP contribution in [0.3, 0.4) is 0 Å². The summed E-state index contributed by atoms with van der Waals surface area (Å²) in [5.41, 5.74) is 1.01. The molecule has 0 bridgehead atoms. The molecule has 1 atom stereocenters. The van der Waals surface area contributed by atoms with Crippen molar-refractivity contribution in [2.24, 2.45) is 5.92 Å². The van der Waals surface area contributed by atoms with E-state index in [4.69, 9.17) is 9.40 Å². The van der Waals surface area contributed by atoms with Crippen molar-refractivity contribution in [1.82, 2.24) is 14.8 Å². The number of amides is 2. The van der Waals surface area contributed by atoms with Crippen LogP contribution in [-0.2, 0) is 4.79 Å². The van der Waals surface area contributed by atoms with Crippen LogP contribution in [-0.4, -0.2) is 46.2 Å². The van der Waals surface area contributed by atoms with Gasteiger partial charge in [0.25, 0.3) is 5.91 Å². The molecule has 4 heterocycles. The van der Waals surface area contributed by atoms with E-state index in [1.165, 1.54) is 11.0 Å². The van der Waals surface area contributed by atoms with Gasteiger partial charge in [0.05, 0.1) is 22.5 Å². The highest BCUT2D eigenvalue weighted by Crippen LogP contribution is 2.38. The summed E-state index contributed by atoms with van der Waals surface area (Å²) in [4.78, 5) is 34.4. The van der Waals surface area contributed by atoms with Crippen molar-refractivity contribution in [3.63, 3.8) is 0 Å². The quantitative estimate of drug-likeness (QED) is 0.653. The number of carbonyl (C=O) groups excluding carboxylic acids is 2. The summed E-state index contributed by atoms with van der Waals surface area (Å²) < 4.78 is 6.39. The molecule has 0 N–H and O–H groups in total. The lowest BCUT2D eigenvalue weighted by atomic mass is 9.94. The third-order valence-electron chi connectivity index (χ3n) is 5.99. The van der Waals surface area contributed by atoms with Crippen molar-refractivity contribution >= 4 is 33.4 Å². The molecule has 0 saturated carbocycles. The molecule has 1 aromatic carbocycles. The van der Waals surface area contributed by atoms with Gasteiger partial charge in [-0.3, -0.25) is 9.59 Å². The molecule has 5 rings (SSSR count). The lowest BCUT2D eigenvalue weighted by molar-refractivity contribution is -0.137. The number of piperidine rings is 1. The first-order valence-corrected chi connectivity index (χ1v) is 11.0. The summed E-state index contributed by atoms with van der Waals surface area (Å²) in [6.07, 6.45) is 4.91. The van der Waals surface area contributed by atoms with Crippen LogP contribution >= 0.6 is 11.3 Å². The molecule has 6 nitrogen and oxygen atoms in total. The molecule has 2 amide bonds. The largest absolute Gasteiger partial charge is 0.459 e. The predicted molar refractivity (Wildman–Crippen MR) is 111 cm³/mol. The Bertz CT molecular complexity index is 988. The number of hydrogen-bond donors (Lipinski definition) is 0. The molecule has 1 unspecified atom stereocenters. The van der Waals surface area contributed by atoms with E-state index in [0.717, 1.165) is 29.9 Å². The summed E-state index contributed by atoms with van der Waals surface area (Å²) in [6, 6.07) is 11.6. The van der Waals surface area contributed by atoms with Crippen molar-refractivity contribution in [2.75, 3.05) is 19.6 Å². The standard InChI is InChI=1S/C22H23N3O3S/c26-21(15-9-12-24(13-10-15)22(27)18-7-4-14-28-18)25-11-3-6-17(25)20-23-16-5-1-2-8-19(16)29-20/h1-2,4-5,7-8,14-15,17H,3,6,9-13H2. The minimum atomic E-state index is -0.0885. The molecule has 3 aromatic rings. The van der Waals surface area contributed by atoms with Gasteiger partial charge < -0.3 is 14.2 Å². The third-order valence-corrected chi connectivity index (χ3v) is 7.13. The first-order valence-electron chi connectivity index (χ1n) is 10.2. The maximum atomic E-state index is 13.3. The second-order valence-corrected chi connectivity index (χ2v) is 8.82. The van der Waals surface area contributed by atoms with Crippen LogP contribution in [0.5, 0.6) is 0 Å². The Hall–Kier alpha value is -2.67. The number of fused-ring (bicyclic) bond motifs is 1. The van der Waals surface area contributed by atoms with E-state index < -0.39 is 0 Å². The number of likely N-dealkylation sites (tertiary alicyclic amines) is 2. The zero-order chi connectivity index (χ0) is 19.8. The summed E-state index contributed by atoms with van der Waals surface area (Å²) >= 11 is 1.70. The van der Waals surface area contributed by atoms with Gasteiger partial charge in [0.2, 0.25) is 5.91 Å². The van der Waals surface area contributed by atoms with Gasteiger partial charge in [-0.15, -0.1) is 11.3 Å². The Morgan fingerprint density at radius 3 is 2.62 bits per heavy atom. The minimum absolute atomic E-state index is 0.0226. The van der Waals surface area contributed by atoms with Gasteiger partial charge in [0, 0.05) is 25.6 Å². The molecule has 2 fully saturated rings. The van der Waals surface area contributed by atoms with Crippen LogP contribution < -0.4 is 0 Å². The van der Waals surface area contributed by atoms with Crippen molar-refractivity contribution in [1.29, 1.82) is 0 Å². The second-order valence-electron chi connectivity index (χ2n) is 7.75. The van der Waals surface area contributed by atoms with Gasteiger partial charge in [0.1, 0.15) is 5.01 Å². The van der Waals surface area contributed by atoms with Crippen LogP contribution in [0.2, 0.25) is 0 Å². The maximum Gasteiger partial charge on any atom is 0.289 e. The average molecular weight is 410 g/mol. The fourth-order valence-corrected chi connectivity index (χ4v) is 5.56. The number of benzene rings is 1. The molecular weight excluding hydrogens is 386 g/mol. The van der Waals surface area contributed by atoms with Crippen LogP contribution in [0.15, 0.2) is 47.1 Å². The first kappa shape index (κ1) is 18.4. The van der Waals surface area contributed by atoms with Crippen molar-refractivity contribution in [2.45, 2.75) is 31.7 Å².